The number of nitrogens with zero attached hydrogens (tertiary/aromatic N) is 4. The Hall–Kier alpha value is -1.75. The van der Waals surface area contributed by atoms with Crippen LogP contribution in [0.3, 0.4) is 0 Å². The molecule has 0 fully saturated rings. The third-order valence-electron chi connectivity index (χ3n) is 1.70. The van der Waals surface area contributed by atoms with Crippen molar-refractivity contribution in [2.45, 2.75) is 6.54 Å². The Kier molecular flexibility index (Phi) is 2.01. The Bertz CT molecular complexity index is 364. The second-order valence-electron chi connectivity index (χ2n) is 2.58. The number of nitrogens with two attached hydrogens (primary N) is 1. The van der Waals surface area contributed by atoms with Crippen LogP contribution in [0.1, 0.15) is 5.56 Å². The highest BCUT2D eigenvalue weighted by Gasteiger charge is 1.97. The summed E-state index contributed by atoms with van der Waals surface area (Å²) in [6, 6.07) is 3.78. The highest BCUT2D eigenvalue weighted by Crippen LogP contribution is 2.02. The summed E-state index contributed by atoms with van der Waals surface area (Å²) in [4.78, 5) is 4.17. The van der Waals surface area contributed by atoms with Crippen LogP contribution in [0.2, 0.25) is 0 Å². The largest absolute Gasteiger partial charge is 0.326 e. The van der Waals surface area contributed by atoms with Crippen LogP contribution in [0, 0.1) is 0 Å². The van der Waals surface area contributed by atoms with Gasteiger partial charge in [0.2, 0.25) is 0 Å². The van der Waals surface area contributed by atoms with E-state index in [4.69, 9.17) is 5.73 Å². The maximum absolute atomic E-state index is 5.44. The molecule has 0 amide bonds. The van der Waals surface area contributed by atoms with E-state index in [9.17, 15) is 0 Å². The molecule has 0 unspecified atom stereocenters. The Labute approximate surface area is 75.2 Å². The fourth-order valence-electron chi connectivity index (χ4n) is 1.00. The van der Waals surface area contributed by atoms with Gasteiger partial charge in [-0.1, -0.05) is 11.3 Å². The van der Waals surface area contributed by atoms with Gasteiger partial charge in [0.15, 0.2) is 5.82 Å². The Morgan fingerprint density at radius 1 is 1.38 bits per heavy atom. The summed E-state index contributed by atoms with van der Waals surface area (Å²) in [5.74, 6) is 0.745. The van der Waals surface area contributed by atoms with Crippen LogP contribution in [0.5, 0.6) is 0 Å². The molecule has 0 aliphatic rings. The third-order valence-corrected chi connectivity index (χ3v) is 1.70. The summed E-state index contributed by atoms with van der Waals surface area (Å²) in [5.41, 5.74) is 6.45. The molecule has 0 spiro atoms. The van der Waals surface area contributed by atoms with Gasteiger partial charge < -0.3 is 5.73 Å². The third kappa shape index (κ3) is 1.54. The molecule has 0 saturated heterocycles. The maximum atomic E-state index is 5.44. The molecular formula is C8H9N5. The lowest BCUT2D eigenvalue weighted by molar-refractivity contribution is 0.779. The SMILES string of the molecule is NCc1ccc(-n2ccnn2)nc1. The molecule has 2 N–H and O–H groups in total. The number of pyridine rings is 1. The van der Waals surface area contributed by atoms with Gasteiger partial charge in [0.25, 0.3) is 0 Å². The van der Waals surface area contributed by atoms with Crippen molar-refractivity contribution in [3.63, 3.8) is 0 Å². The zero-order chi connectivity index (χ0) is 9.10. The van der Waals surface area contributed by atoms with Crippen molar-refractivity contribution < 1.29 is 0 Å². The molecule has 0 aromatic carbocycles. The molecule has 2 rings (SSSR count). The van der Waals surface area contributed by atoms with Crippen molar-refractivity contribution in [3.8, 4) is 5.82 Å². The van der Waals surface area contributed by atoms with E-state index in [0.717, 1.165) is 11.4 Å². The van der Waals surface area contributed by atoms with Crippen molar-refractivity contribution in [1.82, 2.24) is 20.0 Å². The van der Waals surface area contributed by atoms with Crippen LogP contribution in [-0.2, 0) is 6.54 Å². The van der Waals surface area contributed by atoms with Gasteiger partial charge in [0.1, 0.15) is 0 Å². The van der Waals surface area contributed by atoms with Crippen molar-refractivity contribution >= 4 is 0 Å². The van der Waals surface area contributed by atoms with Crippen LogP contribution in [-0.4, -0.2) is 20.0 Å². The minimum atomic E-state index is 0.505. The Balaban J connectivity index is 2.33. The standard InChI is InChI=1S/C8H9N5/c9-5-7-1-2-8(10-6-7)13-4-3-11-12-13/h1-4,6H,5,9H2. The molecule has 0 atom stereocenters. The zero-order valence-electron chi connectivity index (χ0n) is 6.96. The van der Waals surface area contributed by atoms with Crippen LogP contribution in [0.4, 0.5) is 0 Å². The summed E-state index contributed by atoms with van der Waals surface area (Å²) in [5, 5.41) is 7.50. The number of hydrogen-bond donors (Lipinski definition) is 1. The molecule has 0 bridgehead atoms. The summed E-state index contributed by atoms with van der Waals surface area (Å²) < 4.78 is 1.60. The lowest BCUT2D eigenvalue weighted by Gasteiger charge is -1.99. The fraction of sp³-hybridized carbons (Fsp3) is 0.125. The minimum absolute atomic E-state index is 0.505. The Morgan fingerprint density at radius 3 is 2.85 bits per heavy atom. The quantitative estimate of drug-likeness (QED) is 0.703. The molecule has 5 heteroatoms. The van der Waals surface area contributed by atoms with Crippen molar-refractivity contribution in [1.29, 1.82) is 0 Å². The number of aromatic nitrogens is 4. The van der Waals surface area contributed by atoms with Crippen LogP contribution >= 0.6 is 0 Å². The first kappa shape index (κ1) is 7.88. The molecule has 0 aliphatic heterocycles. The van der Waals surface area contributed by atoms with Crippen LogP contribution in [0.15, 0.2) is 30.7 Å². The molecule has 13 heavy (non-hydrogen) atoms. The van der Waals surface area contributed by atoms with Gasteiger partial charge in [-0.15, -0.1) is 5.10 Å². The minimum Gasteiger partial charge on any atom is -0.326 e. The molecule has 0 aliphatic carbocycles. The predicted molar refractivity (Wildman–Crippen MR) is 47.0 cm³/mol. The fourth-order valence-corrected chi connectivity index (χ4v) is 1.00. The average molecular weight is 175 g/mol. The number of rotatable bonds is 2. The number of hydrogen-bond acceptors (Lipinski definition) is 4. The van der Waals surface area contributed by atoms with Gasteiger partial charge in [-0.05, 0) is 11.6 Å². The average Bonchev–Trinajstić information content (AvgIpc) is 2.71. The molecule has 5 nitrogen and oxygen atoms in total. The second kappa shape index (κ2) is 3.32. The summed E-state index contributed by atoms with van der Waals surface area (Å²) in [6.45, 7) is 0.505. The maximum Gasteiger partial charge on any atom is 0.155 e. The van der Waals surface area contributed by atoms with E-state index in [1.54, 1.807) is 23.3 Å². The van der Waals surface area contributed by atoms with Gasteiger partial charge in [-0.2, -0.15) is 0 Å². The second-order valence-corrected chi connectivity index (χ2v) is 2.58. The predicted octanol–water partition coefficient (Wildman–Crippen LogP) is 0.121. The van der Waals surface area contributed by atoms with Crippen LogP contribution in [0.25, 0.3) is 5.82 Å². The molecule has 2 aromatic heterocycles. The van der Waals surface area contributed by atoms with Crippen molar-refractivity contribution in [2.75, 3.05) is 0 Å². The molecule has 0 saturated carbocycles. The summed E-state index contributed by atoms with van der Waals surface area (Å²) in [6.07, 6.45) is 5.08. The molecule has 66 valence electrons. The van der Waals surface area contributed by atoms with E-state index in [2.05, 4.69) is 15.3 Å². The van der Waals surface area contributed by atoms with Crippen LogP contribution < -0.4 is 5.73 Å². The summed E-state index contributed by atoms with van der Waals surface area (Å²) >= 11 is 0. The monoisotopic (exact) mass is 175 g/mol. The molecule has 0 radical (unpaired) electrons. The van der Waals surface area contributed by atoms with Gasteiger partial charge in [0.05, 0.1) is 12.4 Å². The highest BCUT2D eigenvalue weighted by atomic mass is 15.4. The summed E-state index contributed by atoms with van der Waals surface area (Å²) in [7, 11) is 0. The lowest BCUT2D eigenvalue weighted by Crippen LogP contribution is -2.01. The van der Waals surface area contributed by atoms with E-state index < -0.39 is 0 Å². The Morgan fingerprint density at radius 2 is 2.31 bits per heavy atom. The molecule has 2 aromatic rings. The normalized spacial score (nSPS) is 10.2. The first-order valence-electron chi connectivity index (χ1n) is 3.92. The smallest absolute Gasteiger partial charge is 0.155 e. The zero-order valence-corrected chi connectivity index (χ0v) is 6.96. The van der Waals surface area contributed by atoms with E-state index >= 15 is 0 Å². The van der Waals surface area contributed by atoms with E-state index in [1.165, 1.54) is 0 Å². The van der Waals surface area contributed by atoms with Gasteiger partial charge in [-0.3, -0.25) is 0 Å². The van der Waals surface area contributed by atoms with Crippen molar-refractivity contribution in [3.05, 3.63) is 36.3 Å². The first-order chi connectivity index (χ1) is 6.40. The molecular weight excluding hydrogens is 166 g/mol. The van der Waals surface area contributed by atoms with Gasteiger partial charge in [0, 0.05) is 12.7 Å². The topological polar surface area (TPSA) is 69.6 Å². The van der Waals surface area contributed by atoms with Crippen molar-refractivity contribution in [2.24, 2.45) is 5.73 Å². The first-order valence-corrected chi connectivity index (χ1v) is 3.92. The molecule has 2 heterocycles. The van der Waals surface area contributed by atoms with Gasteiger partial charge in [-0.25, -0.2) is 9.67 Å². The van der Waals surface area contributed by atoms with Gasteiger partial charge >= 0.3 is 0 Å². The van der Waals surface area contributed by atoms with E-state index in [0.29, 0.717) is 6.54 Å². The van der Waals surface area contributed by atoms with E-state index in [-0.39, 0.29) is 0 Å². The highest BCUT2D eigenvalue weighted by molar-refractivity contribution is 5.23. The van der Waals surface area contributed by atoms with E-state index in [1.807, 2.05) is 12.1 Å². The lowest BCUT2D eigenvalue weighted by atomic mass is 10.3.